The van der Waals surface area contributed by atoms with Crippen molar-refractivity contribution in [3.8, 4) is 0 Å². The van der Waals surface area contributed by atoms with Gasteiger partial charge in [0, 0.05) is 11.3 Å². The molecule has 108 valence electrons. The highest BCUT2D eigenvalue weighted by Crippen LogP contribution is 2.18. The van der Waals surface area contributed by atoms with Crippen LogP contribution < -0.4 is 5.73 Å². The molecule has 0 saturated heterocycles. The fourth-order valence-corrected chi connectivity index (χ4v) is 1.43. The van der Waals surface area contributed by atoms with Crippen LogP contribution in [-0.4, -0.2) is 21.8 Å². The Morgan fingerprint density at radius 1 is 1.45 bits per heavy atom. The smallest absolute Gasteiger partial charge is 0.356 e. The number of carboxylic acids is 1. The molecule has 1 aromatic heterocycles. The van der Waals surface area contributed by atoms with Gasteiger partial charge in [0.1, 0.15) is 6.26 Å². The number of carbonyl (C=O) groups is 1. The molecule has 1 rings (SSSR count). The van der Waals surface area contributed by atoms with Gasteiger partial charge in [0.05, 0.1) is 11.9 Å². The Bertz CT molecular complexity index is 581. The molecule has 0 fully saturated rings. The topological polar surface area (TPSA) is 102 Å². The average molecular weight is 277 g/mol. The predicted octanol–water partition coefficient (Wildman–Crippen LogP) is 2.59. The van der Waals surface area contributed by atoms with Crippen molar-refractivity contribution < 1.29 is 14.3 Å². The summed E-state index contributed by atoms with van der Waals surface area (Å²) in [4.78, 5) is 19.4. The van der Waals surface area contributed by atoms with E-state index in [1.54, 1.807) is 20.8 Å². The zero-order valence-corrected chi connectivity index (χ0v) is 12.1. The van der Waals surface area contributed by atoms with Crippen LogP contribution in [0.5, 0.6) is 0 Å². The summed E-state index contributed by atoms with van der Waals surface area (Å²) in [5, 5.41) is 9.24. The number of allylic oxidation sites excluding steroid dienone is 3. The molecule has 0 radical (unpaired) electrons. The second kappa shape index (κ2) is 6.70. The van der Waals surface area contributed by atoms with Crippen LogP contribution in [0.25, 0.3) is 5.57 Å². The number of hydrogen-bond acceptors (Lipinski definition) is 5. The van der Waals surface area contributed by atoms with Gasteiger partial charge in [0.2, 0.25) is 5.89 Å². The zero-order valence-electron chi connectivity index (χ0n) is 12.1. The Morgan fingerprint density at radius 3 is 2.55 bits per heavy atom. The number of nitrogens with zero attached hydrogens (tertiary/aromatic N) is 2. The summed E-state index contributed by atoms with van der Waals surface area (Å²) in [6.07, 6.45) is 3.63. The van der Waals surface area contributed by atoms with Crippen LogP contribution in [0.1, 0.15) is 40.0 Å². The quantitative estimate of drug-likeness (QED) is 0.805. The highest BCUT2D eigenvalue weighted by molar-refractivity contribution is 6.42. The number of rotatable bonds is 5. The van der Waals surface area contributed by atoms with Crippen LogP contribution in [0, 0.1) is 0 Å². The lowest BCUT2D eigenvalue weighted by Crippen LogP contribution is -2.22. The van der Waals surface area contributed by atoms with Crippen LogP contribution in [0.4, 0.5) is 0 Å². The lowest BCUT2D eigenvalue weighted by atomic mass is 10.1. The van der Waals surface area contributed by atoms with Gasteiger partial charge in [-0.2, -0.15) is 0 Å². The molecule has 3 N–H and O–H groups in total. The van der Waals surface area contributed by atoms with Crippen LogP contribution in [0.3, 0.4) is 0 Å². The minimum atomic E-state index is -1.16. The van der Waals surface area contributed by atoms with E-state index >= 15 is 0 Å². The fourth-order valence-electron chi connectivity index (χ4n) is 1.43. The Labute approximate surface area is 117 Å². The van der Waals surface area contributed by atoms with E-state index in [1.165, 1.54) is 12.5 Å². The van der Waals surface area contributed by atoms with Gasteiger partial charge in [-0.05, 0) is 32.8 Å². The minimum absolute atomic E-state index is 0.159. The van der Waals surface area contributed by atoms with E-state index in [9.17, 15) is 9.90 Å². The van der Waals surface area contributed by atoms with Crippen molar-refractivity contribution in [1.82, 2.24) is 4.98 Å². The first-order valence-electron chi connectivity index (χ1n) is 6.23. The monoisotopic (exact) mass is 277 g/mol. The van der Waals surface area contributed by atoms with Gasteiger partial charge in [-0.25, -0.2) is 14.8 Å². The number of carboxylic acid groups (broad SMARTS) is 1. The van der Waals surface area contributed by atoms with E-state index in [2.05, 4.69) is 9.98 Å². The molecule has 0 atom stereocenters. The third kappa shape index (κ3) is 3.57. The summed E-state index contributed by atoms with van der Waals surface area (Å²) in [7, 11) is 0. The summed E-state index contributed by atoms with van der Waals surface area (Å²) in [5.41, 5.74) is 7.83. The lowest BCUT2D eigenvalue weighted by Gasteiger charge is -2.07. The van der Waals surface area contributed by atoms with Gasteiger partial charge in [0.25, 0.3) is 0 Å². The molecule has 1 aromatic rings. The number of hydrogen-bond donors (Lipinski definition) is 2. The molecule has 0 amide bonds. The molecule has 6 nitrogen and oxygen atoms in total. The summed E-state index contributed by atoms with van der Waals surface area (Å²) in [5.74, 6) is -0.749. The van der Waals surface area contributed by atoms with Crippen molar-refractivity contribution in [3.63, 3.8) is 0 Å². The van der Waals surface area contributed by atoms with E-state index in [1.807, 2.05) is 6.92 Å². The number of oxazole rings is 1. The average Bonchev–Trinajstić information content (AvgIpc) is 2.95. The minimum Gasteiger partial charge on any atom is -0.476 e. The standard InChI is InChI=1S/C14H19N3O3/c1-5-8(2)11(15)12(14(18)19)17-10(4)9(3)13-16-6-7-20-13/h6-7H,5,15H2,1-4H3,(H,18,19)/b10-9+,11-8?,17-12?. The van der Waals surface area contributed by atoms with Crippen molar-refractivity contribution in [2.45, 2.75) is 34.1 Å². The molecule has 0 aliphatic rings. The molecule has 0 spiro atoms. The summed E-state index contributed by atoms with van der Waals surface area (Å²) in [6, 6.07) is 0. The van der Waals surface area contributed by atoms with Gasteiger partial charge in [-0.1, -0.05) is 6.92 Å². The molecule has 0 bridgehead atoms. The first-order valence-corrected chi connectivity index (χ1v) is 6.23. The van der Waals surface area contributed by atoms with Crippen LogP contribution in [-0.2, 0) is 4.79 Å². The third-order valence-corrected chi connectivity index (χ3v) is 3.02. The van der Waals surface area contributed by atoms with Gasteiger partial charge in [-0.15, -0.1) is 0 Å². The molecule has 0 saturated carbocycles. The van der Waals surface area contributed by atoms with Crippen molar-refractivity contribution >= 4 is 17.3 Å². The molecule has 0 aliphatic carbocycles. The van der Waals surface area contributed by atoms with Crippen LogP contribution >= 0.6 is 0 Å². The number of aromatic nitrogens is 1. The normalized spacial score (nSPS) is 14.7. The fraction of sp³-hybridized carbons (Fsp3) is 0.357. The first-order chi connectivity index (χ1) is 9.38. The molecule has 1 heterocycles. The SMILES string of the molecule is CCC(C)=C(N)C(=N/C(C)=C(\C)c1ncco1)C(=O)O. The van der Waals surface area contributed by atoms with E-state index in [0.717, 1.165) is 5.57 Å². The first kappa shape index (κ1) is 15.7. The van der Waals surface area contributed by atoms with Crippen LogP contribution in [0.15, 0.2) is 38.8 Å². The van der Waals surface area contributed by atoms with Gasteiger partial charge in [-0.3, -0.25) is 0 Å². The Kier molecular flexibility index (Phi) is 5.25. The number of aliphatic carboxylic acids is 1. The Hall–Kier alpha value is -2.37. The third-order valence-electron chi connectivity index (χ3n) is 3.02. The van der Waals surface area contributed by atoms with Crippen molar-refractivity contribution in [3.05, 3.63) is 35.3 Å². The predicted molar refractivity (Wildman–Crippen MR) is 77.0 cm³/mol. The lowest BCUT2D eigenvalue weighted by molar-refractivity contribution is -0.129. The molecule has 0 unspecified atom stereocenters. The number of nitrogens with two attached hydrogens (primary N) is 1. The van der Waals surface area contributed by atoms with Gasteiger partial charge < -0.3 is 15.3 Å². The summed E-state index contributed by atoms with van der Waals surface area (Å²) < 4.78 is 5.16. The molecular formula is C14H19N3O3. The summed E-state index contributed by atoms with van der Waals surface area (Å²) in [6.45, 7) is 7.14. The largest absolute Gasteiger partial charge is 0.476 e. The van der Waals surface area contributed by atoms with Crippen LogP contribution in [0.2, 0.25) is 0 Å². The maximum Gasteiger partial charge on any atom is 0.356 e. The second-order valence-corrected chi connectivity index (χ2v) is 4.36. The van der Waals surface area contributed by atoms with E-state index in [-0.39, 0.29) is 11.4 Å². The molecule has 0 aliphatic heterocycles. The van der Waals surface area contributed by atoms with Gasteiger partial charge in [0.15, 0.2) is 5.71 Å². The maximum absolute atomic E-state index is 11.3. The Balaban J connectivity index is 3.29. The maximum atomic E-state index is 11.3. The molecule has 0 aromatic carbocycles. The van der Waals surface area contributed by atoms with Crippen molar-refractivity contribution in [2.24, 2.45) is 10.7 Å². The highest BCUT2D eigenvalue weighted by atomic mass is 16.4. The van der Waals surface area contributed by atoms with E-state index < -0.39 is 5.97 Å². The zero-order chi connectivity index (χ0) is 15.3. The molecular weight excluding hydrogens is 258 g/mol. The van der Waals surface area contributed by atoms with E-state index in [0.29, 0.717) is 23.6 Å². The highest BCUT2D eigenvalue weighted by Gasteiger charge is 2.16. The van der Waals surface area contributed by atoms with Crippen molar-refractivity contribution in [1.29, 1.82) is 0 Å². The molecule has 6 heteroatoms. The number of aliphatic imine (C=N–C) groups is 1. The van der Waals surface area contributed by atoms with E-state index in [4.69, 9.17) is 10.2 Å². The Morgan fingerprint density at radius 2 is 2.10 bits per heavy atom. The summed E-state index contributed by atoms with van der Waals surface area (Å²) >= 11 is 0. The molecule has 20 heavy (non-hydrogen) atoms. The second-order valence-electron chi connectivity index (χ2n) is 4.36. The van der Waals surface area contributed by atoms with Gasteiger partial charge >= 0.3 is 5.97 Å². The van der Waals surface area contributed by atoms with Crippen molar-refractivity contribution in [2.75, 3.05) is 0 Å².